The van der Waals surface area contributed by atoms with E-state index in [-0.39, 0.29) is 0 Å². The Balaban J connectivity index is 1.80. The van der Waals surface area contributed by atoms with E-state index in [1.165, 1.54) is 11.9 Å². The molecule has 1 N–H and O–H groups in total. The molecule has 0 saturated heterocycles. The zero-order valence-corrected chi connectivity index (χ0v) is 14.5. The molecular formula is C17H20ClN5O. The van der Waals surface area contributed by atoms with Crippen molar-refractivity contribution in [3.8, 4) is 0 Å². The first-order valence-corrected chi connectivity index (χ1v) is 8.27. The molecule has 0 aliphatic heterocycles. The first-order valence-electron chi connectivity index (χ1n) is 7.89. The highest BCUT2D eigenvalue weighted by atomic mass is 35.5. The molecule has 6 nitrogen and oxygen atoms in total. The lowest BCUT2D eigenvalue weighted by Gasteiger charge is -2.18. The van der Waals surface area contributed by atoms with Gasteiger partial charge in [-0.3, -0.25) is 0 Å². The van der Waals surface area contributed by atoms with Gasteiger partial charge in [-0.15, -0.1) is 0 Å². The first kappa shape index (κ1) is 16.7. The van der Waals surface area contributed by atoms with Crippen LogP contribution in [0.5, 0.6) is 0 Å². The quantitative estimate of drug-likeness (QED) is 0.709. The van der Waals surface area contributed by atoms with Gasteiger partial charge in [-0.2, -0.15) is 14.6 Å². The van der Waals surface area contributed by atoms with E-state index in [1.54, 1.807) is 11.6 Å². The van der Waals surface area contributed by atoms with Crippen molar-refractivity contribution in [3.05, 3.63) is 52.9 Å². The van der Waals surface area contributed by atoms with Crippen molar-refractivity contribution in [2.45, 2.75) is 25.9 Å². The molecular weight excluding hydrogens is 326 g/mol. The van der Waals surface area contributed by atoms with Gasteiger partial charge in [-0.1, -0.05) is 30.7 Å². The Morgan fingerprint density at radius 3 is 2.79 bits per heavy atom. The van der Waals surface area contributed by atoms with Gasteiger partial charge in [0, 0.05) is 30.7 Å². The molecule has 1 aromatic carbocycles. The largest absolute Gasteiger partial charge is 0.378 e. The third kappa shape index (κ3) is 3.66. The molecule has 24 heavy (non-hydrogen) atoms. The Morgan fingerprint density at radius 2 is 2.08 bits per heavy atom. The molecule has 126 valence electrons. The summed E-state index contributed by atoms with van der Waals surface area (Å²) in [6, 6.07) is 9.95. The minimum atomic E-state index is 0.375. The van der Waals surface area contributed by atoms with Crippen LogP contribution in [0.3, 0.4) is 0 Å². The SMILES string of the molecule is CCC(CNc1cc(COC)nc2ncnn12)c1ccc(Cl)cc1. The second-order valence-corrected chi connectivity index (χ2v) is 6.01. The molecule has 7 heteroatoms. The molecule has 3 rings (SSSR count). The number of aromatic nitrogens is 4. The molecule has 0 saturated carbocycles. The van der Waals surface area contributed by atoms with Crippen LogP contribution in [0.2, 0.25) is 5.02 Å². The lowest BCUT2D eigenvalue weighted by atomic mass is 9.96. The van der Waals surface area contributed by atoms with E-state index in [1.807, 2.05) is 18.2 Å². The van der Waals surface area contributed by atoms with Crippen LogP contribution >= 0.6 is 11.6 Å². The maximum absolute atomic E-state index is 5.98. The van der Waals surface area contributed by atoms with Gasteiger partial charge in [0.05, 0.1) is 12.3 Å². The molecule has 2 aromatic heterocycles. The average Bonchev–Trinajstić information content (AvgIpc) is 3.05. The molecule has 0 amide bonds. The van der Waals surface area contributed by atoms with E-state index in [0.29, 0.717) is 18.3 Å². The normalized spacial score (nSPS) is 12.5. The second-order valence-electron chi connectivity index (χ2n) is 5.58. The number of nitrogens with zero attached hydrogens (tertiary/aromatic N) is 4. The van der Waals surface area contributed by atoms with Crippen molar-refractivity contribution in [1.82, 2.24) is 19.6 Å². The van der Waals surface area contributed by atoms with Crippen LogP contribution in [-0.4, -0.2) is 33.2 Å². The van der Waals surface area contributed by atoms with Gasteiger partial charge in [0.15, 0.2) is 0 Å². The number of nitrogens with one attached hydrogen (secondary N) is 1. The second kappa shape index (κ2) is 7.59. The van der Waals surface area contributed by atoms with Crippen molar-refractivity contribution in [1.29, 1.82) is 0 Å². The number of fused-ring (bicyclic) bond motifs is 1. The minimum absolute atomic E-state index is 0.375. The summed E-state index contributed by atoms with van der Waals surface area (Å²) < 4.78 is 6.88. The van der Waals surface area contributed by atoms with Crippen molar-refractivity contribution in [2.24, 2.45) is 0 Å². The van der Waals surface area contributed by atoms with Gasteiger partial charge in [0.25, 0.3) is 5.78 Å². The van der Waals surface area contributed by atoms with Gasteiger partial charge >= 0.3 is 0 Å². The summed E-state index contributed by atoms with van der Waals surface area (Å²) in [6.45, 7) is 3.39. The Hall–Kier alpha value is -2.18. The van der Waals surface area contributed by atoms with E-state index in [2.05, 4.69) is 39.4 Å². The smallest absolute Gasteiger partial charge is 0.254 e. The summed E-state index contributed by atoms with van der Waals surface area (Å²) in [5, 5.41) is 8.45. The molecule has 0 radical (unpaired) electrons. The molecule has 0 spiro atoms. The van der Waals surface area contributed by atoms with Crippen LogP contribution in [0.1, 0.15) is 30.5 Å². The predicted molar refractivity (Wildman–Crippen MR) is 94.5 cm³/mol. The Labute approximate surface area is 145 Å². The fourth-order valence-electron chi connectivity index (χ4n) is 2.67. The molecule has 2 heterocycles. The van der Waals surface area contributed by atoms with Gasteiger partial charge in [-0.25, -0.2) is 4.98 Å². The van der Waals surface area contributed by atoms with E-state index < -0.39 is 0 Å². The number of ether oxygens (including phenoxy) is 1. The van der Waals surface area contributed by atoms with Gasteiger partial charge in [0.1, 0.15) is 12.1 Å². The van der Waals surface area contributed by atoms with Gasteiger partial charge in [0.2, 0.25) is 0 Å². The molecule has 1 atom stereocenters. The van der Waals surface area contributed by atoms with E-state index >= 15 is 0 Å². The topological polar surface area (TPSA) is 64.3 Å². The average molecular weight is 346 g/mol. The first-order chi connectivity index (χ1) is 11.7. The molecule has 0 bridgehead atoms. The molecule has 1 unspecified atom stereocenters. The fraction of sp³-hybridized carbons (Fsp3) is 0.353. The van der Waals surface area contributed by atoms with Crippen LogP contribution in [-0.2, 0) is 11.3 Å². The van der Waals surface area contributed by atoms with Crippen molar-refractivity contribution in [3.63, 3.8) is 0 Å². The van der Waals surface area contributed by atoms with E-state index in [4.69, 9.17) is 16.3 Å². The standard InChI is InChI=1S/C17H20ClN5O/c1-3-12(13-4-6-14(18)7-5-13)9-19-16-8-15(10-24-2)22-17-20-11-21-23(16)17/h4-8,11-12,19H,3,9-10H2,1-2H3. The highest BCUT2D eigenvalue weighted by molar-refractivity contribution is 6.30. The molecule has 0 aliphatic carbocycles. The number of halogens is 1. The maximum atomic E-state index is 5.98. The zero-order chi connectivity index (χ0) is 16.9. The number of benzene rings is 1. The highest BCUT2D eigenvalue weighted by Gasteiger charge is 2.12. The van der Waals surface area contributed by atoms with Crippen LogP contribution in [0.4, 0.5) is 5.82 Å². The predicted octanol–water partition coefficient (Wildman–Crippen LogP) is 3.53. The Kier molecular flexibility index (Phi) is 5.27. The highest BCUT2D eigenvalue weighted by Crippen LogP contribution is 2.22. The third-order valence-electron chi connectivity index (χ3n) is 3.96. The molecule has 3 aromatic rings. The molecule has 0 fully saturated rings. The summed E-state index contributed by atoms with van der Waals surface area (Å²) in [6.07, 6.45) is 2.52. The van der Waals surface area contributed by atoms with Crippen molar-refractivity contribution < 1.29 is 4.74 Å². The Morgan fingerprint density at radius 1 is 1.29 bits per heavy atom. The minimum Gasteiger partial charge on any atom is -0.378 e. The van der Waals surface area contributed by atoms with Crippen molar-refractivity contribution >= 4 is 23.2 Å². The van der Waals surface area contributed by atoms with Crippen LogP contribution in [0, 0.1) is 0 Å². The monoisotopic (exact) mass is 345 g/mol. The summed E-state index contributed by atoms with van der Waals surface area (Å²) in [5.74, 6) is 1.79. The van der Waals surface area contributed by atoms with E-state index in [9.17, 15) is 0 Å². The number of rotatable bonds is 7. The summed E-state index contributed by atoms with van der Waals surface area (Å²) >= 11 is 5.98. The van der Waals surface area contributed by atoms with E-state index in [0.717, 1.165) is 29.5 Å². The number of anilines is 1. The van der Waals surface area contributed by atoms with Gasteiger partial charge < -0.3 is 10.1 Å². The number of methoxy groups -OCH3 is 1. The maximum Gasteiger partial charge on any atom is 0.254 e. The lowest BCUT2D eigenvalue weighted by molar-refractivity contribution is 0.181. The zero-order valence-electron chi connectivity index (χ0n) is 13.7. The Bertz CT molecular complexity index is 802. The van der Waals surface area contributed by atoms with Crippen LogP contribution < -0.4 is 5.32 Å². The lowest BCUT2D eigenvalue weighted by Crippen LogP contribution is -2.15. The molecule has 0 aliphatic rings. The fourth-order valence-corrected chi connectivity index (χ4v) is 2.80. The van der Waals surface area contributed by atoms with Crippen molar-refractivity contribution in [2.75, 3.05) is 19.0 Å². The van der Waals surface area contributed by atoms with Gasteiger partial charge in [-0.05, 0) is 24.1 Å². The number of hydrogen-bond donors (Lipinski definition) is 1. The summed E-state index contributed by atoms with van der Waals surface area (Å²) in [7, 11) is 1.65. The third-order valence-corrected chi connectivity index (χ3v) is 4.21. The summed E-state index contributed by atoms with van der Waals surface area (Å²) in [4.78, 5) is 8.58. The van der Waals surface area contributed by atoms with Crippen LogP contribution in [0.15, 0.2) is 36.7 Å². The summed E-state index contributed by atoms with van der Waals surface area (Å²) in [5.41, 5.74) is 2.08. The van der Waals surface area contributed by atoms with Crippen LogP contribution in [0.25, 0.3) is 5.78 Å². The number of hydrogen-bond acceptors (Lipinski definition) is 5.